The molecule has 0 aliphatic carbocycles. The molecular formula is C20H29N3O. The average Bonchev–Trinajstić information content (AvgIpc) is 3.16. The lowest BCUT2D eigenvalue weighted by atomic mass is 9.98. The molecule has 24 heavy (non-hydrogen) atoms. The van der Waals surface area contributed by atoms with Crippen LogP contribution in [-0.2, 0) is 4.79 Å². The molecule has 2 fully saturated rings. The fourth-order valence-corrected chi connectivity index (χ4v) is 3.66. The number of hydrogen-bond donors (Lipinski definition) is 2. The van der Waals surface area contributed by atoms with Gasteiger partial charge in [0.25, 0.3) is 0 Å². The third-order valence-electron chi connectivity index (χ3n) is 5.02. The molecule has 1 amide bonds. The summed E-state index contributed by atoms with van der Waals surface area (Å²) in [6.45, 7) is 5.02. The highest BCUT2D eigenvalue weighted by Crippen LogP contribution is 2.16. The number of hydrogen-bond acceptors (Lipinski definition) is 3. The third-order valence-corrected chi connectivity index (χ3v) is 5.02. The highest BCUT2D eigenvalue weighted by Gasteiger charge is 2.24. The van der Waals surface area contributed by atoms with Crippen molar-refractivity contribution in [1.29, 1.82) is 0 Å². The highest BCUT2D eigenvalue weighted by molar-refractivity contribution is 5.81. The lowest BCUT2D eigenvalue weighted by Crippen LogP contribution is -2.45. The molecule has 2 aliphatic heterocycles. The molecule has 4 nitrogen and oxygen atoms in total. The third kappa shape index (κ3) is 5.18. The van der Waals surface area contributed by atoms with E-state index in [0.717, 1.165) is 45.6 Å². The molecule has 2 saturated heterocycles. The van der Waals surface area contributed by atoms with E-state index in [4.69, 9.17) is 0 Å². The fourth-order valence-electron chi connectivity index (χ4n) is 3.66. The van der Waals surface area contributed by atoms with Crippen LogP contribution < -0.4 is 10.6 Å². The van der Waals surface area contributed by atoms with Crippen molar-refractivity contribution in [2.45, 2.75) is 31.7 Å². The summed E-state index contributed by atoms with van der Waals surface area (Å²) in [6, 6.07) is 10.5. The van der Waals surface area contributed by atoms with E-state index in [9.17, 15) is 4.79 Å². The molecule has 0 bridgehead atoms. The number of amides is 1. The first kappa shape index (κ1) is 17.2. The van der Waals surface area contributed by atoms with Crippen LogP contribution in [0.3, 0.4) is 0 Å². The number of nitrogens with one attached hydrogen (secondary N) is 2. The lowest BCUT2D eigenvalue weighted by Gasteiger charge is -2.32. The van der Waals surface area contributed by atoms with Gasteiger partial charge in [0.15, 0.2) is 0 Å². The second-order valence-electron chi connectivity index (χ2n) is 6.97. The van der Waals surface area contributed by atoms with Crippen LogP contribution in [0.15, 0.2) is 36.4 Å². The number of likely N-dealkylation sites (tertiary alicyclic amines) is 1. The Bertz CT molecular complexity index is 537. The normalized spacial score (nSPS) is 25.2. The van der Waals surface area contributed by atoms with Crippen LogP contribution in [0.4, 0.5) is 0 Å². The molecule has 2 N–H and O–H groups in total. The average molecular weight is 327 g/mol. The standard InChI is InChI=1S/C20H29N3O/c24-20(19-11-4-12-21-19)22-15-18-10-6-14-23(16-18)13-5-9-17-7-2-1-3-8-17/h1-3,5,7-9,18-19,21H,4,6,10-16H2,(H,22,24)/b9-5+. The summed E-state index contributed by atoms with van der Waals surface area (Å²) in [5, 5.41) is 6.42. The molecule has 1 aromatic rings. The van der Waals surface area contributed by atoms with Crippen LogP contribution in [-0.4, -0.2) is 49.6 Å². The zero-order valence-corrected chi connectivity index (χ0v) is 14.4. The molecule has 0 radical (unpaired) electrons. The van der Waals surface area contributed by atoms with Gasteiger partial charge in [0.2, 0.25) is 5.91 Å². The van der Waals surface area contributed by atoms with Crippen molar-refractivity contribution in [3.63, 3.8) is 0 Å². The zero-order chi connectivity index (χ0) is 16.6. The largest absolute Gasteiger partial charge is 0.354 e. The Hall–Kier alpha value is -1.65. The number of nitrogens with zero attached hydrogens (tertiary/aromatic N) is 1. The SMILES string of the molecule is O=C(NCC1CCCN(C/C=C/c2ccccc2)C1)C1CCCN1. The maximum absolute atomic E-state index is 12.1. The van der Waals surface area contributed by atoms with E-state index in [1.165, 1.54) is 18.4 Å². The first-order valence-corrected chi connectivity index (χ1v) is 9.26. The van der Waals surface area contributed by atoms with Gasteiger partial charge in [-0.2, -0.15) is 0 Å². The van der Waals surface area contributed by atoms with Gasteiger partial charge < -0.3 is 10.6 Å². The van der Waals surface area contributed by atoms with Crippen LogP contribution in [0.25, 0.3) is 6.08 Å². The van der Waals surface area contributed by atoms with Crippen molar-refractivity contribution >= 4 is 12.0 Å². The maximum Gasteiger partial charge on any atom is 0.237 e. The molecule has 130 valence electrons. The van der Waals surface area contributed by atoms with Gasteiger partial charge in [-0.25, -0.2) is 0 Å². The van der Waals surface area contributed by atoms with Gasteiger partial charge in [0.05, 0.1) is 6.04 Å². The highest BCUT2D eigenvalue weighted by atomic mass is 16.2. The van der Waals surface area contributed by atoms with Crippen LogP contribution in [0.1, 0.15) is 31.2 Å². The van der Waals surface area contributed by atoms with Crippen LogP contribution in [0, 0.1) is 5.92 Å². The Morgan fingerprint density at radius 1 is 1.25 bits per heavy atom. The number of benzene rings is 1. The minimum absolute atomic E-state index is 0.0403. The summed E-state index contributed by atoms with van der Waals surface area (Å²) in [4.78, 5) is 14.6. The van der Waals surface area contributed by atoms with E-state index in [0.29, 0.717) is 5.92 Å². The van der Waals surface area contributed by atoms with E-state index in [2.05, 4.69) is 52.0 Å². The molecule has 1 aromatic carbocycles. The molecule has 0 aromatic heterocycles. The van der Waals surface area contributed by atoms with Gasteiger partial charge in [-0.05, 0) is 50.3 Å². The molecule has 0 spiro atoms. The van der Waals surface area contributed by atoms with Gasteiger partial charge >= 0.3 is 0 Å². The van der Waals surface area contributed by atoms with Gasteiger partial charge in [0, 0.05) is 19.6 Å². The number of rotatable bonds is 6. The first-order chi connectivity index (χ1) is 11.8. The maximum atomic E-state index is 12.1. The van der Waals surface area contributed by atoms with Gasteiger partial charge in [-0.1, -0.05) is 42.5 Å². The second kappa shape index (κ2) is 9.00. The smallest absolute Gasteiger partial charge is 0.237 e. The van der Waals surface area contributed by atoms with Gasteiger partial charge in [0.1, 0.15) is 0 Å². The monoisotopic (exact) mass is 327 g/mol. The first-order valence-electron chi connectivity index (χ1n) is 9.26. The zero-order valence-electron chi connectivity index (χ0n) is 14.4. The van der Waals surface area contributed by atoms with E-state index in [1.54, 1.807) is 0 Å². The van der Waals surface area contributed by atoms with Crippen molar-refractivity contribution in [3.8, 4) is 0 Å². The van der Waals surface area contributed by atoms with Crippen molar-refractivity contribution in [2.24, 2.45) is 5.92 Å². The number of carbonyl (C=O) groups is 1. The number of piperidine rings is 1. The van der Waals surface area contributed by atoms with E-state index in [-0.39, 0.29) is 11.9 Å². The van der Waals surface area contributed by atoms with Gasteiger partial charge in [-0.3, -0.25) is 9.69 Å². The fraction of sp³-hybridized carbons (Fsp3) is 0.550. The quantitative estimate of drug-likeness (QED) is 0.842. The summed E-state index contributed by atoms with van der Waals surface area (Å²) in [7, 11) is 0. The Morgan fingerprint density at radius 3 is 2.92 bits per heavy atom. The molecule has 2 unspecified atom stereocenters. The Labute approximate surface area is 145 Å². The molecule has 0 saturated carbocycles. The Balaban J connectivity index is 1.39. The van der Waals surface area contributed by atoms with Crippen LogP contribution in [0.2, 0.25) is 0 Å². The molecule has 3 rings (SSSR count). The van der Waals surface area contributed by atoms with E-state index in [1.807, 2.05) is 6.07 Å². The minimum Gasteiger partial charge on any atom is -0.354 e. The van der Waals surface area contributed by atoms with Crippen molar-refractivity contribution in [1.82, 2.24) is 15.5 Å². The summed E-state index contributed by atoms with van der Waals surface area (Å²) >= 11 is 0. The van der Waals surface area contributed by atoms with Crippen molar-refractivity contribution < 1.29 is 4.79 Å². The summed E-state index contributed by atoms with van der Waals surface area (Å²) in [5.41, 5.74) is 1.25. The second-order valence-corrected chi connectivity index (χ2v) is 6.97. The Kier molecular flexibility index (Phi) is 6.44. The van der Waals surface area contributed by atoms with Crippen LogP contribution >= 0.6 is 0 Å². The summed E-state index contributed by atoms with van der Waals surface area (Å²) < 4.78 is 0. The molecule has 4 heteroatoms. The van der Waals surface area contributed by atoms with Crippen molar-refractivity contribution in [3.05, 3.63) is 42.0 Å². The Morgan fingerprint density at radius 2 is 2.12 bits per heavy atom. The lowest BCUT2D eigenvalue weighted by molar-refractivity contribution is -0.123. The van der Waals surface area contributed by atoms with E-state index < -0.39 is 0 Å². The molecule has 2 aliphatic rings. The van der Waals surface area contributed by atoms with Crippen LogP contribution in [0.5, 0.6) is 0 Å². The summed E-state index contributed by atoms with van der Waals surface area (Å²) in [6.07, 6.45) is 8.98. The minimum atomic E-state index is 0.0403. The number of carbonyl (C=O) groups excluding carboxylic acids is 1. The van der Waals surface area contributed by atoms with Gasteiger partial charge in [-0.15, -0.1) is 0 Å². The topological polar surface area (TPSA) is 44.4 Å². The molecule has 2 atom stereocenters. The van der Waals surface area contributed by atoms with E-state index >= 15 is 0 Å². The predicted molar refractivity (Wildman–Crippen MR) is 98.7 cm³/mol. The molecular weight excluding hydrogens is 298 g/mol. The predicted octanol–water partition coefficient (Wildman–Crippen LogP) is 2.28. The molecule has 2 heterocycles. The van der Waals surface area contributed by atoms with Crippen molar-refractivity contribution in [2.75, 3.05) is 32.7 Å². The summed E-state index contributed by atoms with van der Waals surface area (Å²) in [5.74, 6) is 0.767.